The van der Waals surface area contributed by atoms with Gasteiger partial charge in [0.25, 0.3) is 0 Å². The van der Waals surface area contributed by atoms with Gasteiger partial charge >= 0.3 is 0 Å². The zero-order valence-corrected chi connectivity index (χ0v) is 7.43. The van der Waals surface area contributed by atoms with E-state index in [1.165, 1.54) is 0 Å². The molecule has 3 heteroatoms. The molecule has 0 aliphatic carbocycles. The predicted molar refractivity (Wildman–Crippen MR) is 47.2 cm³/mol. The van der Waals surface area contributed by atoms with Crippen LogP contribution in [-0.4, -0.2) is 4.98 Å². The average molecular weight is 218 g/mol. The Labute approximate surface area is 72.9 Å². The first kappa shape index (κ1) is 7.76. The fourth-order valence-corrected chi connectivity index (χ4v) is 1.06. The zero-order valence-electron chi connectivity index (χ0n) is 5.09. The van der Waals surface area contributed by atoms with Gasteiger partial charge in [-0.15, -0.1) is 0 Å². The maximum Gasteiger partial charge on any atom is 0.136 e. The fourth-order valence-electron chi connectivity index (χ4n) is 0.591. The van der Waals surface area contributed by atoms with E-state index in [0.29, 0.717) is 5.15 Å². The smallest absolute Gasteiger partial charge is 0.136 e. The molecule has 0 saturated heterocycles. The minimum absolute atomic E-state index is 0.526. The van der Waals surface area contributed by atoms with Crippen molar-refractivity contribution in [3.05, 3.63) is 34.0 Å². The summed E-state index contributed by atoms with van der Waals surface area (Å²) in [5.74, 6) is 0. The summed E-state index contributed by atoms with van der Waals surface area (Å²) in [7, 11) is 0. The lowest BCUT2D eigenvalue weighted by Gasteiger charge is -1.92. The van der Waals surface area contributed by atoms with E-state index in [1.807, 2.05) is 18.2 Å². The lowest BCUT2D eigenvalue weighted by Crippen LogP contribution is -1.76. The first-order valence-corrected chi connectivity index (χ1v) is 4.01. The highest BCUT2D eigenvalue weighted by Crippen LogP contribution is 2.13. The first-order valence-electron chi connectivity index (χ1n) is 2.72. The predicted octanol–water partition coefficient (Wildman–Crippen LogP) is 3.10. The number of halogens is 2. The van der Waals surface area contributed by atoms with Crippen molar-refractivity contribution in [3.8, 4) is 0 Å². The number of nitrogens with zero attached hydrogens (tertiary/aromatic N) is 1. The van der Waals surface area contributed by atoms with E-state index in [9.17, 15) is 0 Å². The molecule has 0 aliphatic rings. The van der Waals surface area contributed by atoms with Gasteiger partial charge in [0.2, 0.25) is 0 Å². The van der Waals surface area contributed by atoms with Crippen molar-refractivity contribution >= 4 is 33.6 Å². The monoisotopic (exact) mass is 217 g/mol. The van der Waals surface area contributed by atoms with Gasteiger partial charge in [-0.05, 0) is 17.1 Å². The average Bonchev–Trinajstić information content (AvgIpc) is 1.94. The Morgan fingerprint density at radius 2 is 2.40 bits per heavy atom. The molecule has 0 N–H and O–H groups in total. The number of pyridine rings is 1. The van der Waals surface area contributed by atoms with E-state index in [4.69, 9.17) is 11.6 Å². The molecule has 1 aromatic rings. The standard InChI is InChI=1S/C7H5BrClN/c8-4-3-6-2-1-5-10-7(6)9/h1-5H/b4-3-. The summed E-state index contributed by atoms with van der Waals surface area (Å²) in [6.45, 7) is 0. The lowest BCUT2D eigenvalue weighted by atomic mass is 10.3. The Kier molecular flexibility index (Phi) is 2.90. The van der Waals surface area contributed by atoms with Gasteiger partial charge in [-0.1, -0.05) is 33.6 Å². The maximum absolute atomic E-state index is 5.72. The Hall–Kier alpha value is -0.340. The topological polar surface area (TPSA) is 12.9 Å². The van der Waals surface area contributed by atoms with Crippen LogP contribution in [0.3, 0.4) is 0 Å². The van der Waals surface area contributed by atoms with Crippen molar-refractivity contribution in [1.82, 2.24) is 4.98 Å². The first-order chi connectivity index (χ1) is 4.84. The highest BCUT2D eigenvalue weighted by Gasteiger charge is 1.92. The third kappa shape index (κ3) is 1.82. The molecule has 0 amide bonds. The molecule has 0 aliphatic heterocycles. The summed E-state index contributed by atoms with van der Waals surface area (Å²) < 4.78 is 0. The van der Waals surface area contributed by atoms with Crippen LogP contribution in [0.1, 0.15) is 5.56 Å². The molecule has 0 fully saturated rings. The highest BCUT2D eigenvalue weighted by molar-refractivity contribution is 9.11. The molecule has 1 rings (SSSR count). The van der Waals surface area contributed by atoms with Crippen LogP contribution in [-0.2, 0) is 0 Å². The van der Waals surface area contributed by atoms with Gasteiger partial charge in [0.05, 0.1) is 0 Å². The Morgan fingerprint density at radius 3 is 3.00 bits per heavy atom. The largest absolute Gasteiger partial charge is 0.244 e. The summed E-state index contributed by atoms with van der Waals surface area (Å²) in [4.78, 5) is 5.64. The van der Waals surface area contributed by atoms with Gasteiger partial charge < -0.3 is 0 Å². The van der Waals surface area contributed by atoms with Gasteiger partial charge in [0, 0.05) is 11.8 Å². The minimum Gasteiger partial charge on any atom is -0.244 e. The normalized spacial score (nSPS) is 10.6. The van der Waals surface area contributed by atoms with Crippen LogP contribution in [0.15, 0.2) is 23.3 Å². The van der Waals surface area contributed by atoms with Crippen molar-refractivity contribution in [2.24, 2.45) is 0 Å². The van der Waals surface area contributed by atoms with Crippen LogP contribution in [0, 0.1) is 0 Å². The molecular weight excluding hydrogens is 213 g/mol. The molecular formula is C7H5BrClN. The van der Waals surface area contributed by atoms with Crippen molar-refractivity contribution in [2.75, 3.05) is 0 Å². The lowest BCUT2D eigenvalue weighted by molar-refractivity contribution is 1.32. The van der Waals surface area contributed by atoms with Crippen LogP contribution in [0.4, 0.5) is 0 Å². The van der Waals surface area contributed by atoms with Crippen LogP contribution in [0.25, 0.3) is 6.08 Å². The molecule has 0 saturated carbocycles. The second-order valence-electron chi connectivity index (χ2n) is 1.68. The van der Waals surface area contributed by atoms with Gasteiger partial charge in [-0.3, -0.25) is 0 Å². The summed E-state index contributed by atoms with van der Waals surface area (Å²) in [5.41, 5.74) is 0.918. The summed E-state index contributed by atoms with van der Waals surface area (Å²) in [5, 5.41) is 0.526. The van der Waals surface area contributed by atoms with Gasteiger partial charge in [-0.25, -0.2) is 4.98 Å². The van der Waals surface area contributed by atoms with E-state index < -0.39 is 0 Å². The van der Waals surface area contributed by atoms with E-state index >= 15 is 0 Å². The van der Waals surface area contributed by atoms with Crippen molar-refractivity contribution < 1.29 is 0 Å². The SMILES string of the molecule is Clc1ncccc1/C=C\Br. The molecule has 1 heterocycles. The van der Waals surface area contributed by atoms with E-state index in [1.54, 1.807) is 11.2 Å². The molecule has 0 aromatic carbocycles. The van der Waals surface area contributed by atoms with Crippen LogP contribution in [0.5, 0.6) is 0 Å². The summed E-state index contributed by atoms with van der Waals surface area (Å²) >= 11 is 8.87. The van der Waals surface area contributed by atoms with Gasteiger partial charge in [0.15, 0.2) is 0 Å². The molecule has 0 radical (unpaired) electrons. The number of aromatic nitrogens is 1. The third-order valence-corrected chi connectivity index (χ3v) is 1.61. The molecule has 52 valence electrons. The third-order valence-electron chi connectivity index (χ3n) is 1.03. The Balaban J connectivity index is 3.03. The van der Waals surface area contributed by atoms with Crippen LogP contribution in [0.2, 0.25) is 5.15 Å². The molecule has 1 nitrogen and oxygen atoms in total. The number of rotatable bonds is 1. The maximum atomic E-state index is 5.72. The van der Waals surface area contributed by atoms with Crippen molar-refractivity contribution in [1.29, 1.82) is 0 Å². The quantitative estimate of drug-likeness (QED) is 0.660. The highest BCUT2D eigenvalue weighted by atomic mass is 79.9. The van der Waals surface area contributed by atoms with E-state index in [-0.39, 0.29) is 0 Å². The fraction of sp³-hybridized carbons (Fsp3) is 0. The molecule has 10 heavy (non-hydrogen) atoms. The Morgan fingerprint density at radius 1 is 1.60 bits per heavy atom. The minimum atomic E-state index is 0.526. The van der Waals surface area contributed by atoms with Crippen LogP contribution < -0.4 is 0 Å². The molecule has 0 spiro atoms. The molecule has 0 unspecified atom stereocenters. The molecule has 0 atom stereocenters. The second kappa shape index (κ2) is 3.74. The number of hydrogen-bond donors (Lipinski definition) is 0. The van der Waals surface area contributed by atoms with Crippen molar-refractivity contribution in [2.45, 2.75) is 0 Å². The zero-order chi connectivity index (χ0) is 7.40. The summed E-state index contributed by atoms with van der Waals surface area (Å²) in [6, 6.07) is 3.74. The second-order valence-corrected chi connectivity index (χ2v) is 2.56. The number of hydrogen-bond acceptors (Lipinski definition) is 1. The van der Waals surface area contributed by atoms with Gasteiger partial charge in [0.1, 0.15) is 5.15 Å². The van der Waals surface area contributed by atoms with Crippen LogP contribution >= 0.6 is 27.5 Å². The van der Waals surface area contributed by atoms with Gasteiger partial charge in [-0.2, -0.15) is 0 Å². The Bertz CT molecular complexity index is 247. The molecule has 0 bridgehead atoms. The summed E-state index contributed by atoms with van der Waals surface area (Å²) in [6.07, 6.45) is 3.50. The van der Waals surface area contributed by atoms with E-state index in [0.717, 1.165) is 5.56 Å². The van der Waals surface area contributed by atoms with Crippen molar-refractivity contribution in [3.63, 3.8) is 0 Å². The molecule has 1 aromatic heterocycles. The van der Waals surface area contributed by atoms with E-state index in [2.05, 4.69) is 20.9 Å².